The zero-order chi connectivity index (χ0) is 26.0. The Balaban J connectivity index is 1.44. The van der Waals surface area contributed by atoms with Crippen molar-refractivity contribution < 1.29 is 19.1 Å². The lowest BCUT2D eigenvalue weighted by Crippen LogP contribution is -2.45. The summed E-state index contributed by atoms with van der Waals surface area (Å²) in [4.78, 5) is 41.1. The third-order valence-electron chi connectivity index (χ3n) is 7.04. The molecule has 188 valence electrons. The van der Waals surface area contributed by atoms with E-state index in [9.17, 15) is 14.4 Å². The number of methoxy groups -OCH3 is 1. The first-order valence-corrected chi connectivity index (χ1v) is 12.3. The largest absolute Gasteiger partial charge is 0.497 e. The molecule has 2 atom stereocenters. The van der Waals surface area contributed by atoms with Crippen molar-refractivity contribution in [2.75, 3.05) is 13.7 Å². The van der Waals surface area contributed by atoms with E-state index in [4.69, 9.17) is 4.74 Å². The van der Waals surface area contributed by atoms with Gasteiger partial charge < -0.3 is 10.1 Å². The molecule has 0 bridgehead atoms. The van der Waals surface area contributed by atoms with Crippen LogP contribution in [-0.4, -0.2) is 47.1 Å². The van der Waals surface area contributed by atoms with Gasteiger partial charge in [-0.25, -0.2) is 9.80 Å². The van der Waals surface area contributed by atoms with Crippen molar-refractivity contribution in [1.82, 2.24) is 15.2 Å². The number of amides is 4. The predicted octanol–water partition coefficient (Wildman–Crippen LogP) is 4.23. The number of carbonyl (C=O) groups excluding carboxylic acids is 3. The van der Waals surface area contributed by atoms with Gasteiger partial charge in [0.1, 0.15) is 17.8 Å². The van der Waals surface area contributed by atoms with Gasteiger partial charge in [-0.2, -0.15) is 5.10 Å². The van der Waals surface area contributed by atoms with Crippen LogP contribution in [0.2, 0.25) is 0 Å². The minimum Gasteiger partial charge on any atom is -0.497 e. The van der Waals surface area contributed by atoms with E-state index >= 15 is 0 Å². The van der Waals surface area contributed by atoms with Gasteiger partial charge in [-0.1, -0.05) is 79.7 Å². The Morgan fingerprint density at radius 1 is 1.00 bits per heavy atom. The van der Waals surface area contributed by atoms with Crippen LogP contribution in [0, 0.1) is 0 Å². The molecule has 2 heterocycles. The standard InChI is InChI=1S/C29H28N4O4/c1-3-29(22-12-8-5-9-13-22)27(35)32(28(36)30-29)19-26(34)33-25(21-14-16-23(37-2)17-15-21)18-24(31-33)20-10-6-4-7-11-20/h4-17,25H,3,18-19H2,1-2H3,(H,30,36). The normalized spacial score (nSPS) is 21.1. The molecule has 3 aromatic carbocycles. The molecule has 0 aromatic heterocycles. The molecule has 0 aliphatic carbocycles. The first kappa shape index (κ1) is 24.2. The number of hydrogen-bond donors (Lipinski definition) is 1. The van der Waals surface area contributed by atoms with Gasteiger partial charge in [-0.15, -0.1) is 0 Å². The Kier molecular flexibility index (Phi) is 6.48. The summed E-state index contributed by atoms with van der Waals surface area (Å²) in [6, 6.07) is 25.3. The molecule has 1 N–H and O–H groups in total. The highest BCUT2D eigenvalue weighted by atomic mass is 16.5. The van der Waals surface area contributed by atoms with Crippen LogP contribution in [0.25, 0.3) is 0 Å². The summed E-state index contributed by atoms with van der Waals surface area (Å²) in [6.07, 6.45) is 0.867. The third kappa shape index (κ3) is 4.35. The number of rotatable bonds is 7. The van der Waals surface area contributed by atoms with Gasteiger partial charge in [0.15, 0.2) is 0 Å². The molecule has 1 fully saturated rings. The van der Waals surface area contributed by atoms with Crippen LogP contribution in [0.5, 0.6) is 5.75 Å². The van der Waals surface area contributed by atoms with E-state index in [2.05, 4.69) is 10.4 Å². The van der Waals surface area contributed by atoms with Crippen LogP contribution in [0.1, 0.15) is 42.5 Å². The Morgan fingerprint density at radius 3 is 2.27 bits per heavy atom. The van der Waals surface area contributed by atoms with E-state index in [1.165, 1.54) is 5.01 Å². The number of hydrazone groups is 1. The van der Waals surface area contributed by atoms with Crippen LogP contribution in [0.15, 0.2) is 90.0 Å². The Bertz CT molecular complexity index is 1340. The fourth-order valence-corrected chi connectivity index (χ4v) is 4.97. The summed E-state index contributed by atoms with van der Waals surface area (Å²) in [6.45, 7) is 1.44. The van der Waals surface area contributed by atoms with Crippen LogP contribution >= 0.6 is 0 Å². The number of benzene rings is 3. The SMILES string of the molecule is CCC1(c2ccccc2)NC(=O)N(CC(=O)N2N=C(c3ccccc3)CC2c2ccc(OC)cc2)C1=O. The van der Waals surface area contributed by atoms with Gasteiger partial charge in [0.2, 0.25) is 0 Å². The van der Waals surface area contributed by atoms with Gasteiger partial charge in [-0.3, -0.25) is 14.5 Å². The lowest BCUT2D eigenvalue weighted by molar-refractivity contribution is -0.140. The van der Waals surface area contributed by atoms with Crippen molar-refractivity contribution in [3.05, 3.63) is 102 Å². The van der Waals surface area contributed by atoms with Crippen LogP contribution in [0.4, 0.5) is 4.79 Å². The van der Waals surface area contributed by atoms with Gasteiger partial charge in [0.25, 0.3) is 11.8 Å². The maximum absolute atomic E-state index is 13.6. The van der Waals surface area contributed by atoms with Crippen molar-refractivity contribution in [2.45, 2.75) is 31.3 Å². The van der Waals surface area contributed by atoms with E-state index in [0.717, 1.165) is 21.7 Å². The average molecular weight is 497 g/mol. The molecule has 1 saturated heterocycles. The van der Waals surface area contributed by atoms with Crippen LogP contribution < -0.4 is 10.1 Å². The number of ether oxygens (including phenoxy) is 1. The highest BCUT2D eigenvalue weighted by Crippen LogP contribution is 2.35. The summed E-state index contributed by atoms with van der Waals surface area (Å²) in [7, 11) is 1.60. The Hall–Kier alpha value is -4.46. The molecule has 0 radical (unpaired) electrons. The zero-order valence-corrected chi connectivity index (χ0v) is 20.8. The second-order valence-electron chi connectivity index (χ2n) is 9.09. The quantitative estimate of drug-likeness (QED) is 0.496. The molecule has 37 heavy (non-hydrogen) atoms. The number of urea groups is 1. The minimum atomic E-state index is -1.20. The van der Waals surface area contributed by atoms with Crippen LogP contribution in [0.3, 0.4) is 0 Å². The average Bonchev–Trinajstić information content (AvgIpc) is 3.50. The van der Waals surface area contributed by atoms with Crippen molar-refractivity contribution in [3.63, 3.8) is 0 Å². The monoisotopic (exact) mass is 496 g/mol. The molecule has 0 spiro atoms. The molecule has 2 aliphatic rings. The molecule has 4 amide bonds. The molecule has 8 nitrogen and oxygen atoms in total. The number of hydrogen-bond acceptors (Lipinski definition) is 5. The summed E-state index contributed by atoms with van der Waals surface area (Å²) in [5.41, 5.74) is 2.05. The van der Waals surface area contributed by atoms with Gasteiger partial charge in [0.05, 0.1) is 18.9 Å². The Morgan fingerprint density at radius 2 is 1.65 bits per heavy atom. The first-order chi connectivity index (χ1) is 18.0. The molecule has 2 unspecified atom stereocenters. The summed E-state index contributed by atoms with van der Waals surface area (Å²) >= 11 is 0. The molecule has 5 rings (SSSR count). The molecular formula is C29H28N4O4. The summed E-state index contributed by atoms with van der Waals surface area (Å²) < 4.78 is 5.28. The highest BCUT2D eigenvalue weighted by Gasteiger charge is 2.52. The lowest BCUT2D eigenvalue weighted by atomic mass is 9.87. The number of carbonyl (C=O) groups is 3. The van der Waals surface area contributed by atoms with Crippen molar-refractivity contribution in [1.29, 1.82) is 0 Å². The minimum absolute atomic E-state index is 0.362. The van der Waals surface area contributed by atoms with Crippen LogP contribution in [-0.2, 0) is 15.1 Å². The van der Waals surface area contributed by atoms with Crippen molar-refractivity contribution in [2.24, 2.45) is 5.10 Å². The first-order valence-electron chi connectivity index (χ1n) is 12.3. The third-order valence-corrected chi connectivity index (χ3v) is 7.04. The maximum Gasteiger partial charge on any atom is 0.325 e. The van der Waals surface area contributed by atoms with E-state index in [1.54, 1.807) is 7.11 Å². The van der Waals surface area contributed by atoms with E-state index < -0.39 is 29.9 Å². The highest BCUT2D eigenvalue weighted by molar-refractivity contribution is 6.10. The maximum atomic E-state index is 13.6. The topological polar surface area (TPSA) is 91.3 Å². The van der Waals surface area contributed by atoms with E-state index in [1.807, 2.05) is 91.9 Å². The number of nitrogens with one attached hydrogen (secondary N) is 1. The molecule has 2 aliphatic heterocycles. The fraction of sp³-hybridized carbons (Fsp3) is 0.241. The van der Waals surface area contributed by atoms with Gasteiger partial charge in [-0.05, 0) is 35.2 Å². The summed E-state index contributed by atoms with van der Waals surface area (Å²) in [5, 5.41) is 8.90. The molecule has 0 saturated carbocycles. The van der Waals surface area contributed by atoms with E-state index in [-0.39, 0.29) is 6.04 Å². The van der Waals surface area contributed by atoms with E-state index in [0.29, 0.717) is 24.2 Å². The van der Waals surface area contributed by atoms with Gasteiger partial charge in [0, 0.05) is 6.42 Å². The summed E-state index contributed by atoms with van der Waals surface area (Å²) in [5.74, 6) is -0.165. The van der Waals surface area contributed by atoms with Gasteiger partial charge >= 0.3 is 6.03 Å². The zero-order valence-electron chi connectivity index (χ0n) is 20.8. The smallest absolute Gasteiger partial charge is 0.325 e. The Labute approximate surface area is 215 Å². The second kappa shape index (κ2) is 9.89. The fourth-order valence-electron chi connectivity index (χ4n) is 4.97. The molecule has 3 aromatic rings. The van der Waals surface area contributed by atoms with Crippen molar-refractivity contribution >= 4 is 23.6 Å². The number of imide groups is 1. The number of nitrogens with zero attached hydrogens (tertiary/aromatic N) is 3. The molecule has 8 heteroatoms. The second-order valence-corrected chi connectivity index (χ2v) is 9.09. The predicted molar refractivity (Wildman–Crippen MR) is 139 cm³/mol. The van der Waals surface area contributed by atoms with Crippen molar-refractivity contribution in [3.8, 4) is 5.75 Å². The molecular weight excluding hydrogens is 468 g/mol. The lowest BCUT2D eigenvalue weighted by Gasteiger charge is -2.26.